The molecule has 1 aliphatic heterocycles. The fourth-order valence-electron chi connectivity index (χ4n) is 3.17. The van der Waals surface area contributed by atoms with Crippen LogP contribution < -0.4 is 5.32 Å². The van der Waals surface area contributed by atoms with Gasteiger partial charge in [0.15, 0.2) is 5.69 Å². The largest absolute Gasteiger partial charge is 0.334 e. The number of amides is 1. The first-order chi connectivity index (χ1) is 12.1. The highest BCUT2D eigenvalue weighted by molar-refractivity contribution is 6.42. The second kappa shape index (κ2) is 8.21. The van der Waals surface area contributed by atoms with Gasteiger partial charge in [0.25, 0.3) is 5.91 Å². The van der Waals surface area contributed by atoms with Gasteiger partial charge in [-0.3, -0.25) is 4.79 Å². The Morgan fingerprint density at radius 1 is 1.28 bits per heavy atom. The Morgan fingerprint density at radius 2 is 2.04 bits per heavy atom. The summed E-state index contributed by atoms with van der Waals surface area (Å²) in [7, 11) is 0. The maximum absolute atomic E-state index is 13.0. The normalized spacial score (nSPS) is 15.3. The van der Waals surface area contributed by atoms with Crippen molar-refractivity contribution in [1.29, 1.82) is 0 Å². The molecule has 1 aromatic heterocycles. The number of nitrogens with zero attached hydrogens (tertiary/aromatic N) is 3. The first-order valence-electron chi connectivity index (χ1n) is 8.63. The Kier molecular flexibility index (Phi) is 5.99. The molecule has 0 atom stereocenters. The molecule has 25 heavy (non-hydrogen) atoms. The Bertz CT molecular complexity index is 740. The molecular weight excluding hydrogens is 359 g/mol. The van der Waals surface area contributed by atoms with E-state index < -0.39 is 0 Å². The van der Waals surface area contributed by atoms with E-state index in [0.29, 0.717) is 15.7 Å². The first-order valence-corrected chi connectivity index (χ1v) is 9.38. The average molecular weight is 381 g/mol. The topological polar surface area (TPSA) is 50.2 Å². The number of nitrogens with one attached hydrogen (secondary N) is 1. The van der Waals surface area contributed by atoms with Crippen molar-refractivity contribution < 1.29 is 4.79 Å². The number of rotatable bonds is 5. The van der Waals surface area contributed by atoms with Crippen LogP contribution in [0.2, 0.25) is 10.0 Å². The summed E-state index contributed by atoms with van der Waals surface area (Å²) in [5.74, 6) is -0.00689. The van der Waals surface area contributed by atoms with Crippen LogP contribution in [-0.4, -0.2) is 46.3 Å². The van der Waals surface area contributed by atoms with Crippen LogP contribution in [0.25, 0.3) is 5.69 Å². The lowest BCUT2D eigenvalue weighted by Gasteiger charge is -2.34. The molecule has 7 heteroatoms. The third kappa shape index (κ3) is 4.17. The molecule has 1 aromatic carbocycles. The number of carbonyl (C=O) groups excluding carboxylic acids is 1. The van der Waals surface area contributed by atoms with E-state index in [0.717, 1.165) is 44.6 Å². The van der Waals surface area contributed by atoms with E-state index in [1.807, 2.05) is 11.0 Å². The smallest absolute Gasteiger partial charge is 0.274 e. The van der Waals surface area contributed by atoms with Gasteiger partial charge in [0.2, 0.25) is 0 Å². The Hall–Kier alpha value is -1.56. The van der Waals surface area contributed by atoms with E-state index in [1.54, 1.807) is 29.1 Å². The van der Waals surface area contributed by atoms with E-state index >= 15 is 0 Å². The molecule has 0 aliphatic carbocycles. The lowest BCUT2D eigenvalue weighted by atomic mass is 10.0. The van der Waals surface area contributed by atoms with Crippen molar-refractivity contribution in [2.45, 2.75) is 32.2 Å². The summed E-state index contributed by atoms with van der Waals surface area (Å²) in [6, 6.07) is 7.33. The average Bonchev–Trinajstić information content (AvgIpc) is 3.12. The van der Waals surface area contributed by atoms with Crippen molar-refractivity contribution >= 4 is 29.1 Å². The number of hydrogen-bond donors (Lipinski definition) is 1. The Morgan fingerprint density at radius 3 is 2.72 bits per heavy atom. The highest BCUT2D eigenvalue weighted by Gasteiger charge is 2.26. The van der Waals surface area contributed by atoms with Crippen LogP contribution >= 0.6 is 23.2 Å². The Balaban J connectivity index is 1.81. The van der Waals surface area contributed by atoms with Crippen molar-refractivity contribution in [2.24, 2.45) is 0 Å². The molecule has 0 saturated carbocycles. The molecule has 2 heterocycles. The van der Waals surface area contributed by atoms with E-state index in [4.69, 9.17) is 23.2 Å². The minimum Gasteiger partial charge on any atom is -0.334 e. The van der Waals surface area contributed by atoms with Crippen LogP contribution in [0.1, 0.15) is 36.7 Å². The first kappa shape index (κ1) is 18.2. The van der Waals surface area contributed by atoms with Gasteiger partial charge in [-0.2, -0.15) is 5.10 Å². The second-order valence-electron chi connectivity index (χ2n) is 6.22. The van der Waals surface area contributed by atoms with Gasteiger partial charge >= 0.3 is 0 Å². The number of piperidine rings is 1. The summed E-state index contributed by atoms with van der Waals surface area (Å²) >= 11 is 12.0. The molecule has 0 unspecified atom stereocenters. The van der Waals surface area contributed by atoms with E-state index in [9.17, 15) is 4.79 Å². The third-order valence-corrected chi connectivity index (χ3v) is 5.19. The van der Waals surface area contributed by atoms with Gasteiger partial charge in [-0.15, -0.1) is 0 Å². The molecule has 5 nitrogen and oxygen atoms in total. The number of aromatic nitrogens is 2. The zero-order valence-electron chi connectivity index (χ0n) is 14.2. The molecule has 134 valence electrons. The van der Waals surface area contributed by atoms with Crippen LogP contribution in [-0.2, 0) is 0 Å². The second-order valence-corrected chi connectivity index (χ2v) is 7.04. The van der Waals surface area contributed by atoms with Gasteiger partial charge < -0.3 is 10.2 Å². The monoisotopic (exact) mass is 380 g/mol. The molecule has 0 spiro atoms. The molecule has 3 rings (SSSR count). The summed E-state index contributed by atoms with van der Waals surface area (Å²) in [5.41, 5.74) is 1.23. The highest BCUT2D eigenvalue weighted by Crippen LogP contribution is 2.24. The van der Waals surface area contributed by atoms with Crippen molar-refractivity contribution in [3.8, 4) is 5.69 Å². The maximum Gasteiger partial charge on any atom is 0.274 e. The minimum absolute atomic E-state index is 0.00689. The predicted molar refractivity (Wildman–Crippen MR) is 101 cm³/mol. The van der Waals surface area contributed by atoms with Crippen LogP contribution in [0.4, 0.5) is 0 Å². The van der Waals surface area contributed by atoms with Crippen LogP contribution in [0.3, 0.4) is 0 Å². The summed E-state index contributed by atoms with van der Waals surface area (Å²) in [4.78, 5) is 15.0. The fourth-order valence-corrected chi connectivity index (χ4v) is 3.46. The van der Waals surface area contributed by atoms with Gasteiger partial charge in [0, 0.05) is 18.8 Å². The minimum atomic E-state index is -0.00689. The molecule has 1 saturated heterocycles. The number of hydrogen-bond acceptors (Lipinski definition) is 3. The summed E-state index contributed by atoms with van der Waals surface area (Å²) in [6.45, 7) is 4.75. The number of halogens is 2. The van der Waals surface area contributed by atoms with Gasteiger partial charge in [0.05, 0.1) is 15.7 Å². The van der Waals surface area contributed by atoms with Gasteiger partial charge in [-0.1, -0.05) is 30.1 Å². The van der Waals surface area contributed by atoms with Crippen molar-refractivity contribution in [2.75, 3.05) is 19.6 Å². The van der Waals surface area contributed by atoms with Gasteiger partial charge in [-0.05, 0) is 56.6 Å². The zero-order chi connectivity index (χ0) is 17.8. The third-order valence-electron chi connectivity index (χ3n) is 4.45. The molecule has 0 radical (unpaired) electrons. The zero-order valence-corrected chi connectivity index (χ0v) is 15.7. The standard InChI is InChI=1S/C18H22Cl2N4O/c1-2-10-23(13-5-8-21-9-6-13)18(25)17-7-11-24(22-17)14-3-4-15(19)16(20)12-14/h3-4,7,11-13,21H,2,5-6,8-10H2,1H3. The highest BCUT2D eigenvalue weighted by atomic mass is 35.5. The Labute approximate surface area is 157 Å². The van der Waals surface area contributed by atoms with Crippen LogP contribution in [0.15, 0.2) is 30.5 Å². The molecule has 1 amide bonds. The summed E-state index contributed by atoms with van der Waals surface area (Å²) < 4.78 is 1.65. The molecule has 1 N–H and O–H groups in total. The predicted octanol–water partition coefficient (Wildman–Crippen LogP) is 3.78. The fraction of sp³-hybridized carbons (Fsp3) is 0.444. The number of benzene rings is 1. The number of carbonyl (C=O) groups is 1. The molecule has 1 aliphatic rings. The molecular formula is C18H22Cl2N4O. The van der Waals surface area contributed by atoms with Gasteiger partial charge in [0.1, 0.15) is 0 Å². The van der Waals surface area contributed by atoms with Crippen molar-refractivity contribution in [3.63, 3.8) is 0 Å². The van der Waals surface area contributed by atoms with Crippen LogP contribution in [0.5, 0.6) is 0 Å². The lowest BCUT2D eigenvalue weighted by molar-refractivity contribution is 0.0636. The van der Waals surface area contributed by atoms with E-state index in [2.05, 4.69) is 17.3 Å². The maximum atomic E-state index is 13.0. The van der Waals surface area contributed by atoms with E-state index in [-0.39, 0.29) is 11.9 Å². The van der Waals surface area contributed by atoms with Gasteiger partial charge in [-0.25, -0.2) is 4.68 Å². The summed E-state index contributed by atoms with van der Waals surface area (Å²) in [6.07, 6.45) is 4.68. The van der Waals surface area contributed by atoms with Crippen molar-refractivity contribution in [1.82, 2.24) is 20.0 Å². The van der Waals surface area contributed by atoms with Crippen molar-refractivity contribution in [3.05, 3.63) is 46.2 Å². The summed E-state index contributed by atoms with van der Waals surface area (Å²) in [5, 5.41) is 8.76. The molecule has 2 aromatic rings. The molecule has 1 fully saturated rings. The SMILES string of the molecule is CCCN(C(=O)c1ccn(-c2ccc(Cl)c(Cl)c2)n1)C1CCNCC1. The molecule has 0 bridgehead atoms. The quantitative estimate of drug-likeness (QED) is 0.858. The van der Waals surface area contributed by atoms with Crippen LogP contribution in [0, 0.1) is 0 Å². The van der Waals surface area contributed by atoms with E-state index in [1.165, 1.54) is 0 Å². The lowest BCUT2D eigenvalue weighted by Crippen LogP contribution is -2.46.